The zero-order chi connectivity index (χ0) is 22.1. The molecule has 7 heteroatoms. The molecule has 2 fully saturated rings. The average Bonchev–Trinajstić information content (AvgIpc) is 2.80. The molecule has 0 aromatic carbocycles. The third-order valence-electron chi connectivity index (χ3n) is 7.20. The van der Waals surface area contributed by atoms with E-state index in [2.05, 4.69) is 9.88 Å². The van der Waals surface area contributed by atoms with Crippen molar-refractivity contribution in [1.82, 2.24) is 19.4 Å². The van der Waals surface area contributed by atoms with Gasteiger partial charge in [0.1, 0.15) is 0 Å². The van der Waals surface area contributed by atoms with Crippen molar-refractivity contribution in [2.45, 2.75) is 50.6 Å². The number of carbonyl (C=O) groups is 2. The fourth-order valence-corrected chi connectivity index (χ4v) is 5.85. The van der Waals surface area contributed by atoms with Crippen LogP contribution in [0.4, 0.5) is 0 Å². The van der Waals surface area contributed by atoms with Gasteiger partial charge in [-0.2, -0.15) is 0 Å². The smallest absolute Gasteiger partial charge is 0.250 e. The molecule has 0 N–H and O–H groups in total. The fourth-order valence-electron chi connectivity index (χ4n) is 5.85. The number of ketones is 1. The maximum absolute atomic E-state index is 13.1. The van der Waals surface area contributed by atoms with E-state index in [1.54, 1.807) is 12.3 Å². The molecule has 5 rings (SSSR count). The van der Waals surface area contributed by atoms with E-state index < -0.39 is 0 Å². The Morgan fingerprint density at radius 3 is 2.81 bits per heavy atom. The van der Waals surface area contributed by atoms with Crippen molar-refractivity contribution in [3.63, 3.8) is 0 Å². The molecule has 3 atom stereocenters. The number of nitrogens with zero attached hydrogens (tertiary/aromatic N) is 4. The summed E-state index contributed by atoms with van der Waals surface area (Å²) in [4.78, 5) is 46.4. The molecule has 0 saturated carbocycles. The topological polar surface area (TPSA) is 75.5 Å². The second-order valence-corrected chi connectivity index (χ2v) is 9.49. The van der Waals surface area contributed by atoms with Crippen LogP contribution in [0, 0.1) is 5.92 Å². The molecule has 3 unspecified atom stereocenters. The van der Waals surface area contributed by atoms with Crippen LogP contribution in [0.1, 0.15) is 55.3 Å². The zero-order valence-electron chi connectivity index (χ0n) is 18.4. The van der Waals surface area contributed by atoms with E-state index in [4.69, 9.17) is 0 Å². The van der Waals surface area contributed by atoms with Gasteiger partial charge in [-0.15, -0.1) is 0 Å². The predicted molar refractivity (Wildman–Crippen MR) is 120 cm³/mol. The summed E-state index contributed by atoms with van der Waals surface area (Å²) in [5, 5.41) is 0. The van der Waals surface area contributed by atoms with Crippen molar-refractivity contribution in [3.05, 3.63) is 64.3 Å². The number of amides is 1. The number of hydrogen-bond acceptors (Lipinski definition) is 5. The molecule has 3 aliphatic rings. The highest BCUT2D eigenvalue weighted by Gasteiger charge is 2.35. The van der Waals surface area contributed by atoms with Crippen molar-refractivity contribution in [2.75, 3.05) is 26.2 Å². The van der Waals surface area contributed by atoms with Crippen LogP contribution in [0.15, 0.2) is 47.5 Å². The van der Waals surface area contributed by atoms with E-state index in [0.717, 1.165) is 56.6 Å². The highest BCUT2D eigenvalue weighted by Crippen LogP contribution is 2.35. The third kappa shape index (κ3) is 4.26. The van der Waals surface area contributed by atoms with E-state index >= 15 is 0 Å². The predicted octanol–water partition coefficient (Wildman–Crippen LogP) is 2.38. The first kappa shape index (κ1) is 21.1. The molecule has 2 bridgehead atoms. The van der Waals surface area contributed by atoms with Crippen molar-refractivity contribution in [2.24, 2.45) is 5.92 Å². The standard InChI is InChI=1S/C25H30N4O3/c30-21(12-25(32)28-10-2-1-6-22(28)19-5-4-9-26-13-19)17-27-14-18-11-20(16-27)23-7-3-8-24(31)29(23)15-18/h3-5,7-9,13,18,20,22H,1-2,6,10-12,14-17H2. The molecule has 168 valence electrons. The summed E-state index contributed by atoms with van der Waals surface area (Å²) < 4.78 is 1.90. The minimum Gasteiger partial charge on any atom is -0.335 e. The lowest BCUT2D eigenvalue weighted by molar-refractivity contribution is -0.139. The van der Waals surface area contributed by atoms with E-state index in [-0.39, 0.29) is 35.6 Å². The number of pyridine rings is 2. The van der Waals surface area contributed by atoms with Crippen LogP contribution in [-0.2, 0) is 16.1 Å². The number of carbonyl (C=O) groups excluding carboxylic acids is 2. The Morgan fingerprint density at radius 1 is 1.06 bits per heavy atom. The number of fused-ring (bicyclic) bond motifs is 4. The summed E-state index contributed by atoms with van der Waals surface area (Å²) >= 11 is 0. The van der Waals surface area contributed by atoms with Crippen molar-refractivity contribution in [1.29, 1.82) is 0 Å². The van der Waals surface area contributed by atoms with E-state index in [9.17, 15) is 14.4 Å². The van der Waals surface area contributed by atoms with Gasteiger partial charge in [0.15, 0.2) is 5.78 Å². The van der Waals surface area contributed by atoms with Gasteiger partial charge in [0.05, 0.1) is 19.0 Å². The van der Waals surface area contributed by atoms with Crippen molar-refractivity contribution >= 4 is 11.7 Å². The summed E-state index contributed by atoms with van der Waals surface area (Å²) in [6.45, 7) is 3.29. The lowest BCUT2D eigenvalue weighted by atomic mass is 9.83. The minimum absolute atomic E-state index is 0.0157. The maximum Gasteiger partial charge on any atom is 0.250 e. The summed E-state index contributed by atoms with van der Waals surface area (Å²) in [5.41, 5.74) is 2.19. The van der Waals surface area contributed by atoms with Crippen LogP contribution < -0.4 is 5.56 Å². The van der Waals surface area contributed by atoms with Crippen LogP contribution in [0.5, 0.6) is 0 Å². The number of rotatable bonds is 5. The molecule has 1 amide bonds. The maximum atomic E-state index is 13.1. The lowest BCUT2D eigenvalue weighted by Gasteiger charge is -2.42. The fraction of sp³-hybridized carbons (Fsp3) is 0.520. The van der Waals surface area contributed by atoms with Crippen LogP contribution in [0.2, 0.25) is 0 Å². The SMILES string of the molecule is O=C(CC(=O)N1CCCCC1c1cccnc1)CN1CC2CC(C1)c1cccc(=O)n1C2. The number of Topliss-reactive ketones (excluding diaryl/α,β-unsaturated/α-hetero) is 1. The molecule has 2 aromatic heterocycles. The zero-order valence-corrected chi connectivity index (χ0v) is 18.4. The van der Waals surface area contributed by atoms with E-state index in [1.165, 1.54) is 0 Å². The van der Waals surface area contributed by atoms with Gasteiger partial charge in [-0.1, -0.05) is 12.1 Å². The van der Waals surface area contributed by atoms with Crippen LogP contribution >= 0.6 is 0 Å². The van der Waals surface area contributed by atoms with Gasteiger partial charge in [-0.3, -0.25) is 24.3 Å². The molecule has 0 radical (unpaired) electrons. The minimum atomic E-state index is -0.0716. The van der Waals surface area contributed by atoms with Gasteiger partial charge in [-0.25, -0.2) is 0 Å². The molecule has 0 spiro atoms. The molecule has 3 aliphatic heterocycles. The Hall–Kier alpha value is -2.80. The lowest BCUT2D eigenvalue weighted by Crippen LogP contribution is -2.48. The first-order chi connectivity index (χ1) is 15.6. The normalized spacial score (nSPS) is 25.2. The summed E-state index contributed by atoms with van der Waals surface area (Å²) in [6.07, 6.45) is 7.56. The Balaban J connectivity index is 1.21. The first-order valence-electron chi connectivity index (χ1n) is 11.7. The second-order valence-electron chi connectivity index (χ2n) is 9.49. The van der Waals surface area contributed by atoms with Gasteiger partial charge in [-0.05, 0) is 49.3 Å². The Morgan fingerprint density at radius 2 is 1.97 bits per heavy atom. The molecule has 32 heavy (non-hydrogen) atoms. The third-order valence-corrected chi connectivity index (χ3v) is 7.20. The number of aromatic nitrogens is 2. The van der Waals surface area contributed by atoms with Crippen molar-refractivity contribution < 1.29 is 9.59 Å². The number of piperidine rings is 2. The average molecular weight is 435 g/mol. The quantitative estimate of drug-likeness (QED) is 0.676. The largest absolute Gasteiger partial charge is 0.335 e. The monoisotopic (exact) mass is 434 g/mol. The Bertz CT molecular complexity index is 1050. The van der Waals surface area contributed by atoms with Gasteiger partial charge < -0.3 is 9.47 Å². The highest BCUT2D eigenvalue weighted by molar-refractivity contribution is 5.99. The van der Waals surface area contributed by atoms with Crippen LogP contribution in [0.25, 0.3) is 0 Å². The Labute approximate surface area is 188 Å². The molecule has 2 saturated heterocycles. The molecular weight excluding hydrogens is 404 g/mol. The first-order valence-corrected chi connectivity index (χ1v) is 11.7. The Kier molecular flexibility index (Phi) is 5.91. The number of hydrogen-bond donors (Lipinski definition) is 0. The van der Waals surface area contributed by atoms with E-state index in [1.807, 2.05) is 39.9 Å². The number of likely N-dealkylation sites (tertiary alicyclic amines) is 2. The molecule has 0 aliphatic carbocycles. The summed E-state index contributed by atoms with van der Waals surface area (Å²) in [7, 11) is 0. The van der Waals surface area contributed by atoms with E-state index in [0.29, 0.717) is 19.0 Å². The molecule has 2 aromatic rings. The summed E-state index contributed by atoms with van der Waals surface area (Å²) in [5.74, 6) is 0.562. The van der Waals surface area contributed by atoms with Crippen LogP contribution in [-0.4, -0.2) is 57.2 Å². The highest BCUT2D eigenvalue weighted by atomic mass is 16.2. The molecule has 7 nitrogen and oxygen atoms in total. The van der Waals surface area contributed by atoms with Crippen molar-refractivity contribution in [3.8, 4) is 0 Å². The molecular formula is C25H30N4O3. The van der Waals surface area contributed by atoms with Gasteiger partial charge in [0, 0.05) is 56.3 Å². The van der Waals surface area contributed by atoms with Gasteiger partial charge in [0.25, 0.3) is 5.56 Å². The molecule has 5 heterocycles. The van der Waals surface area contributed by atoms with Gasteiger partial charge in [0.2, 0.25) is 5.91 Å². The van der Waals surface area contributed by atoms with Crippen LogP contribution in [0.3, 0.4) is 0 Å². The van der Waals surface area contributed by atoms with Gasteiger partial charge >= 0.3 is 0 Å². The summed E-state index contributed by atoms with van der Waals surface area (Å²) in [6, 6.07) is 9.41. The second kappa shape index (κ2) is 8.98.